The van der Waals surface area contributed by atoms with Crippen molar-refractivity contribution in [1.82, 2.24) is 0 Å². The van der Waals surface area contributed by atoms with Crippen LogP contribution in [0.3, 0.4) is 0 Å². The molecule has 0 N–H and O–H groups in total. The third-order valence-corrected chi connectivity index (χ3v) is 7.30. The average Bonchev–Trinajstić information content (AvgIpc) is 2.77. The van der Waals surface area contributed by atoms with Crippen molar-refractivity contribution in [3.63, 3.8) is 0 Å². The van der Waals surface area contributed by atoms with Crippen molar-refractivity contribution in [2.75, 3.05) is 26.4 Å². The first-order valence-corrected chi connectivity index (χ1v) is 11.9. The summed E-state index contributed by atoms with van der Waals surface area (Å²) >= 11 is 0. The summed E-state index contributed by atoms with van der Waals surface area (Å²) in [6, 6.07) is 14.3. The van der Waals surface area contributed by atoms with Gasteiger partial charge >= 0.3 is 5.97 Å². The zero-order chi connectivity index (χ0) is 23.8. The molecule has 0 aliphatic carbocycles. The number of carbonyl (C=O) groups excluding carboxylic acids is 1. The molecule has 0 saturated carbocycles. The van der Waals surface area contributed by atoms with Crippen molar-refractivity contribution in [2.45, 2.75) is 67.7 Å². The van der Waals surface area contributed by atoms with Crippen LogP contribution in [0.1, 0.15) is 67.7 Å². The lowest BCUT2D eigenvalue weighted by atomic mass is 9.58. The molecule has 1 unspecified atom stereocenters. The van der Waals surface area contributed by atoms with Gasteiger partial charge < -0.3 is 14.2 Å². The van der Waals surface area contributed by atoms with Crippen LogP contribution in [-0.2, 0) is 14.3 Å². The van der Waals surface area contributed by atoms with Crippen molar-refractivity contribution in [2.24, 2.45) is 16.2 Å². The minimum absolute atomic E-state index is 0.0802. The van der Waals surface area contributed by atoms with Crippen LogP contribution in [0.4, 0.5) is 0 Å². The smallest absolute Gasteiger partial charge is 0.312 e. The molecule has 0 radical (unpaired) electrons. The molecule has 2 aromatic carbocycles. The Bertz CT molecular complexity index is 871. The Labute approximate surface area is 194 Å². The van der Waals surface area contributed by atoms with E-state index in [0.29, 0.717) is 19.8 Å². The molecular weight excluding hydrogens is 400 g/mol. The van der Waals surface area contributed by atoms with Gasteiger partial charge in [0.25, 0.3) is 0 Å². The summed E-state index contributed by atoms with van der Waals surface area (Å²) in [6.07, 6.45) is 2.74. The fraction of sp³-hybridized carbons (Fsp3) is 0.607. The molecule has 0 amide bonds. The van der Waals surface area contributed by atoms with Crippen LogP contribution < -0.4 is 4.74 Å². The third kappa shape index (κ3) is 6.71. The van der Waals surface area contributed by atoms with Crippen LogP contribution in [-0.4, -0.2) is 32.4 Å². The molecule has 2 aromatic rings. The Morgan fingerprint density at radius 3 is 2.12 bits per heavy atom. The van der Waals surface area contributed by atoms with Crippen LogP contribution in [0.5, 0.6) is 5.75 Å². The van der Waals surface area contributed by atoms with Gasteiger partial charge in [0.2, 0.25) is 0 Å². The Hall–Kier alpha value is -2.07. The van der Waals surface area contributed by atoms with E-state index in [4.69, 9.17) is 14.2 Å². The second-order valence-corrected chi connectivity index (χ2v) is 10.4. The molecular formula is C28H42O4. The van der Waals surface area contributed by atoms with Gasteiger partial charge in [0.05, 0.1) is 18.6 Å². The molecule has 32 heavy (non-hydrogen) atoms. The summed E-state index contributed by atoms with van der Waals surface area (Å²) in [5.41, 5.74) is -0.609. The van der Waals surface area contributed by atoms with Gasteiger partial charge in [0, 0.05) is 0 Å². The maximum Gasteiger partial charge on any atom is 0.312 e. The topological polar surface area (TPSA) is 44.8 Å². The van der Waals surface area contributed by atoms with Gasteiger partial charge in [-0.25, -0.2) is 0 Å². The lowest BCUT2D eigenvalue weighted by Crippen LogP contribution is -2.46. The number of benzene rings is 2. The number of rotatable bonds is 13. The quantitative estimate of drug-likeness (QED) is 0.246. The van der Waals surface area contributed by atoms with Gasteiger partial charge in [0.15, 0.2) is 0 Å². The fourth-order valence-electron chi connectivity index (χ4n) is 3.99. The van der Waals surface area contributed by atoms with Crippen LogP contribution in [0.15, 0.2) is 42.5 Å². The third-order valence-electron chi connectivity index (χ3n) is 7.30. The number of ether oxygens (including phenoxy) is 3. The highest BCUT2D eigenvalue weighted by Gasteiger charge is 2.49. The molecule has 0 aromatic heterocycles. The monoisotopic (exact) mass is 442 g/mol. The van der Waals surface area contributed by atoms with E-state index in [9.17, 15) is 4.79 Å². The lowest BCUT2D eigenvalue weighted by molar-refractivity contribution is -0.167. The van der Waals surface area contributed by atoms with Gasteiger partial charge in [-0.05, 0) is 53.5 Å². The first-order chi connectivity index (χ1) is 15.0. The summed E-state index contributed by atoms with van der Waals surface area (Å²) in [6.45, 7) is 16.7. The number of esters is 1. The fourth-order valence-corrected chi connectivity index (χ4v) is 3.99. The van der Waals surface area contributed by atoms with E-state index >= 15 is 0 Å². The molecule has 0 bridgehead atoms. The second kappa shape index (κ2) is 11.2. The normalized spacial score (nSPS) is 14.2. The Morgan fingerprint density at radius 2 is 1.47 bits per heavy atom. The first-order valence-electron chi connectivity index (χ1n) is 11.9. The summed E-state index contributed by atoms with van der Waals surface area (Å²) in [5, 5.41) is 2.35. The van der Waals surface area contributed by atoms with Crippen molar-refractivity contribution < 1.29 is 19.0 Å². The Morgan fingerprint density at radius 1 is 0.812 bits per heavy atom. The molecule has 0 spiro atoms. The van der Waals surface area contributed by atoms with Gasteiger partial charge in [-0.2, -0.15) is 0 Å². The average molecular weight is 443 g/mol. The van der Waals surface area contributed by atoms with Gasteiger partial charge in [-0.15, -0.1) is 0 Å². The molecule has 0 aliphatic rings. The van der Waals surface area contributed by atoms with Crippen molar-refractivity contribution in [3.05, 3.63) is 42.5 Å². The molecule has 1 atom stereocenters. The van der Waals surface area contributed by atoms with Crippen LogP contribution in [0.25, 0.3) is 10.8 Å². The zero-order valence-corrected chi connectivity index (χ0v) is 21.1. The number of hydrogen-bond donors (Lipinski definition) is 0. The SMILES string of the molecule is CCC(C)(C)CC(C)(C(=O)OCCOCCOc1ccc2ccccc2c1)C(C)(C)CC. The molecule has 2 rings (SSSR count). The highest BCUT2D eigenvalue weighted by Crippen LogP contribution is 2.50. The lowest BCUT2D eigenvalue weighted by Gasteiger charge is -2.45. The molecule has 4 nitrogen and oxygen atoms in total. The van der Waals surface area contributed by atoms with Gasteiger partial charge in [0.1, 0.15) is 19.0 Å². The Balaban J connectivity index is 1.77. The molecule has 0 heterocycles. The van der Waals surface area contributed by atoms with E-state index in [1.54, 1.807) is 0 Å². The number of fused-ring (bicyclic) bond motifs is 1. The predicted molar refractivity (Wildman–Crippen MR) is 132 cm³/mol. The van der Waals surface area contributed by atoms with Crippen LogP contribution in [0, 0.1) is 16.2 Å². The summed E-state index contributed by atoms with van der Waals surface area (Å²) < 4.78 is 17.1. The van der Waals surface area contributed by atoms with E-state index < -0.39 is 5.41 Å². The summed E-state index contributed by atoms with van der Waals surface area (Å²) in [4.78, 5) is 13.1. The summed E-state index contributed by atoms with van der Waals surface area (Å²) in [7, 11) is 0. The van der Waals surface area contributed by atoms with E-state index in [2.05, 4.69) is 66.7 Å². The highest BCUT2D eigenvalue weighted by molar-refractivity contribution is 5.83. The largest absolute Gasteiger partial charge is 0.491 e. The van der Waals surface area contributed by atoms with Crippen LogP contribution >= 0.6 is 0 Å². The van der Waals surface area contributed by atoms with Crippen LogP contribution in [0.2, 0.25) is 0 Å². The van der Waals surface area contributed by atoms with Crippen molar-refractivity contribution in [1.29, 1.82) is 0 Å². The molecule has 0 saturated heterocycles. The second-order valence-electron chi connectivity index (χ2n) is 10.4. The first kappa shape index (κ1) is 26.2. The van der Waals surface area contributed by atoms with Crippen molar-refractivity contribution in [3.8, 4) is 5.75 Å². The zero-order valence-electron chi connectivity index (χ0n) is 21.1. The minimum Gasteiger partial charge on any atom is -0.491 e. The molecule has 178 valence electrons. The molecule has 4 heteroatoms. The highest BCUT2D eigenvalue weighted by atomic mass is 16.6. The predicted octanol–water partition coefficient (Wildman–Crippen LogP) is 7.05. The maximum absolute atomic E-state index is 13.1. The molecule has 0 aliphatic heterocycles. The Kier molecular flexibility index (Phi) is 9.15. The standard InChI is InChI=1S/C28H42O4/c1-8-26(3,4)21-28(7,27(5,6)9-2)25(29)32-19-17-30-16-18-31-24-15-14-22-12-10-11-13-23(22)20-24/h10-15,20H,8-9,16-19,21H2,1-7H3. The van der Waals surface area contributed by atoms with E-state index in [0.717, 1.165) is 30.4 Å². The maximum atomic E-state index is 13.1. The van der Waals surface area contributed by atoms with E-state index in [1.807, 2.05) is 24.3 Å². The summed E-state index contributed by atoms with van der Waals surface area (Å²) in [5.74, 6) is 0.705. The number of hydrogen-bond acceptors (Lipinski definition) is 4. The molecule has 0 fully saturated rings. The van der Waals surface area contributed by atoms with Gasteiger partial charge in [-0.1, -0.05) is 78.3 Å². The number of carbonyl (C=O) groups is 1. The van der Waals surface area contributed by atoms with Crippen molar-refractivity contribution >= 4 is 16.7 Å². The van der Waals surface area contributed by atoms with E-state index in [1.165, 1.54) is 5.39 Å². The minimum atomic E-state index is -0.541. The van der Waals surface area contributed by atoms with Gasteiger partial charge in [-0.3, -0.25) is 4.79 Å². The van der Waals surface area contributed by atoms with E-state index in [-0.39, 0.29) is 23.4 Å².